The molecular weight excluding hydrogens is 334 g/mol. The lowest BCUT2D eigenvalue weighted by molar-refractivity contribution is -0.120. The third kappa shape index (κ3) is 3.39. The molecule has 0 unspecified atom stereocenters. The third-order valence-electron chi connectivity index (χ3n) is 5.08. The molecule has 1 amide bonds. The van der Waals surface area contributed by atoms with Gasteiger partial charge in [0.1, 0.15) is 0 Å². The molecule has 0 aliphatic carbocycles. The Morgan fingerprint density at radius 3 is 2.84 bits per heavy atom. The van der Waals surface area contributed by atoms with Crippen molar-refractivity contribution in [1.29, 1.82) is 0 Å². The highest BCUT2D eigenvalue weighted by molar-refractivity contribution is 7.99. The zero-order valence-electron chi connectivity index (χ0n) is 14.1. The normalized spacial score (nSPS) is 19.0. The zero-order chi connectivity index (χ0) is 17.2. The van der Waals surface area contributed by atoms with E-state index in [2.05, 4.69) is 21.2 Å². The SMILES string of the molecule is Nc1cn[nH]c1C1CCN(CC(=O)N2CCSc3ccccc32)CC1. The standard InChI is InChI=1S/C18H23N5OS/c19-14-11-20-21-18(14)13-5-7-22(8-6-13)12-17(24)23-9-10-25-16-4-2-1-3-15(16)23/h1-4,11,13H,5-10,12,19H2,(H,20,21). The van der Waals surface area contributed by atoms with Crippen molar-refractivity contribution in [3.05, 3.63) is 36.2 Å². The molecule has 0 atom stereocenters. The Labute approximate surface area is 151 Å². The number of benzene rings is 1. The fourth-order valence-electron chi connectivity index (χ4n) is 3.72. The molecule has 4 rings (SSSR count). The molecule has 2 aliphatic heterocycles. The van der Waals surface area contributed by atoms with E-state index in [1.165, 1.54) is 4.90 Å². The van der Waals surface area contributed by atoms with E-state index in [4.69, 9.17) is 5.73 Å². The van der Waals surface area contributed by atoms with Gasteiger partial charge in [-0.2, -0.15) is 5.10 Å². The second-order valence-electron chi connectivity index (χ2n) is 6.65. The Balaban J connectivity index is 1.36. The average molecular weight is 357 g/mol. The van der Waals surface area contributed by atoms with Crippen LogP contribution in [0, 0.1) is 0 Å². The number of hydrogen-bond donors (Lipinski definition) is 2. The van der Waals surface area contributed by atoms with E-state index in [0.717, 1.165) is 55.3 Å². The first-order valence-electron chi connectivity index (χ1n) is 8.75. The average Bonchev–Trinajstić information content (AvgIpc) is 3.08. The van der Waals surface area contributed by atoms with Gasteiger partial charge in [-0.15, -0.1) is 11.8 Å². The Morgan fingerprint density at radius 1 is 1.28 bits per heavy atom. The maximum absolute atomic E-state index is 12.8. The van der Waals surface area contributed by atoms with Crippen LogP contribution >= 0.6 is 11.8 Å². The van der Waals surface area contributed by atoms with Gasteiger partial charge in [-0.3, -0.25) is 14.8 Å². The minimum absolute atomic E-state index is 0.201. The first-order chi connectivity index (χ1) is 12.2. The summed E-state index contributed by atoms with van der Waals surface area (Å²) in [4.78, 5) is 18.2. The number of amides is 1. The zero-order valence-corrected chi connectivity index (χ0v) is 15.0. The number of nitrogen functional groups attached to an aromatic ring is 1. The summed E-state index contributed by atoms with van der Waals surface area (Å²) >= 11 is 1.83. The van der Waals surface area contributed by atoms with Gasteiger partial charge in [0.15, 0.2) is 0 Å². The van der Waals surface area contributed by atoms with Crippen molar-refractivity contribution < 1.29 is 4.79 Å². The van der Waals surface area contributed by atoms with Gasteiger partial charge >= 0.3 is 0 Å². The Bertz CT molecular complexity index is 753. The van der Waals surface area contributed by atoms with Crippen LogP contribution in [0.15, 0.2) is 35.4 Å². The molecule has 7 heteroatoms. The second kappa shape index (κ2) is 7.09. The lowest BCUT2D eigenvalue weighted by Gasteiger charge is -2.34. The number of anilines is 2. The molecule has 3 N–H and O–H groups in total. The van der Waals surface area contributed by atoms with E-state index < -0.39 is 0 Å². The number of thioether (sulfide) groups is 1. The highest BCUT2D eigenvalue weighted by Gasteiger charge is 2.27. The largest absolute Gasteiger partial charge is 0.396 e. The monoisotopic (exact) mass is 357 g/mol. The van der Waals surface area contributed by atoms with E-state index >= 15 is 0 Å². The first kappa shape index (κ1) is 16.5. The van der Waals surface area contributed by atoms with Gasteiger partial charge in [0, 0.05) is 23.1 Å². The third-order valence-corrected chi connectivity index (χ3v) is 6.13. The summed E-state index contributed by atoms with van der Waals surface area (Å²) in [5.41, 5.74) is 8.81. The van der Waals surface area contributed by atoms with Crippen LogP contribution in [0.5, 0.6) is 0 Å². The van der Waals surface area contributed by atoms with Crippen LogP contribution in [-0.2, 0) is 4.79 Å². The minimum Gasteiger partial charge on any atom is -0.396 e. The number of nitrogens with zero attached hydrogens (tertiary/aromatic N) is 3. The van der Waals surface area contributed by atoms with Gasteiger partial charge in [0.05, 0.1) is 29.8 Å². The molecule has 0 bridgehead atoms. The number of carbonyl (C=O) groups is 1. The van der Waals surface area contributed by atoms with Crippen LogP contribution in [-0.4, -0.2) is 52.9 Å². The highest BCUT2D eigenvalue weighted by Crippen LogP contribution is 2.35. The van der Waals surface area contributed by atoms with Crippen molar-refractivity contribution in [2.45, 2.75) is 23.7 Å². The second-order valence-corrected chi connectivity index (χ2v) is 7.79. The number of aromatic amines is 1. The van der Waals surface area contributed by atoms with Crippen molar-refractivity contribution in [1.82, 2.24) is 15.1 Å². The molecule has 1 aromatic heterocycles. The maximum Gasteiger partial charge on any atom is 0.241 e. The fourth-order valence-corrected chi connectivity index (χ4v) is 4.71. The Hall–Kier alpha value is -1.99. The van der Waals surface area contributed by atoms with E-state index in [1.807, 2.05) is 34.9 Å². The van der Waals surface area contributed by atoms with E-state index in [-0.39, 0.29) is 5.91 Å². The molecule has 0 spiro atoms. The van der Waals surface area contributed by atoms with E-state index in [0.29, 0.717) is 12.5 Å². The fraction of sp³-hybridized carbons (Fsp3) is 0.444. The first-order valence-corrected chi connectivity index (χ1v) is 9.74. The number of aromatic nitrogens is 2. The Kier molecular flexibility index (Phi) is 4.67. The molecular formula is C18H23N5OS. The van der Waals surface area contributed by atoms with Crippen molar-refractivity contribution >= 4 is 29.0 Å². The van der Waals surface area contributed by atoms with Crippen molar-refractivity contribution in [2.75, 3.05) is 42.6 Å². The predicted octanol–water partition coefficient (Wildman–Crippen LogP) is 2.31. The Morgan fingerprint density at radius 2 is 2.08 bits per heavy atom. The van der Waals surface area contributed by atoms with Gasteiger partial charge < -0.3 is 10.6 Å². The van der Waals surface area contributed by atoms with Crippen molar-refractivity contribution in [3.8, 4) is 0 Å². The van der Waals surface area contributed by atoms with E-state index in [1.54, 1.807) is 6.20 Å². The molecule has 1 aromatic carbocycles. The molecule has 6 nitrogen and oxygen atoms in total. The number of nitrogens with one attached hydrogen (secondary N) is 1. The summed E-state index contributed by atoms with van der Waals surface area (Å²) in [6.07, 6.45) is 3.69. The van der Waals surface area contributed by atoms with Crippen molar-refractivity contribution in [2.24, 2.45) is 0 Å². The van der Waals surface area contributed by atoms with Gasteiger partial charge in [0.2, 0.25) is 5.91 Å². The van der Waals surface area contributed by atoms with Crippen molar-refractivity contribution in [3.63, 3.8) is 0 Å². The predicted molar refractivity (Wildman–Crippen MR) is 101 cm³/mol. The molecule has 3 heterocycles. The quantitative estimate of drug-likeness (QED) is 0.881. The number of piperidine rings is 1. The van der Waals surface area contributed by atoms with Crippen LogP contribution in [0.3, 0.4) is 0 Å². The van der Waals surface area contributed by atoms with Crippen LogP contribution in [0.1, 0.15) is 24.5 Å². The molecule has 1 saturated heterocycles. The molecule has 25 heavy (non-hydrogen) atoms. The summed E-state index contributed by atoms with van der Waals surface area (Å²) in [5, 5.41) is 7.04. The summed E-state index contributed by atoms with van der Waals surface area (Å²) in [7, 11) is 0. The molecule has 2 aromatic rings. The summed E-state index contributed by atoms with van der Waals surface area (Å²) in [6.45, 7) is 3.12. The highest BCUT2D eigenvalue weighted by atomic mass is 32.2. The minimum atomic E-state index is 0.201. The lowest BCUT2D eigenvalue weighted by Crippen LogP contribution is -2.45. The van der Waals surface area contributed by atoms with Gasteiger partial charge in [-0.25, -0.2) is 0 Å². The van der Waals surface area contributed by atoms with Crippen LogP contribution in [0.4, 0.5) is 11.4 Å². The summed E-state index contributed by atoms with van der Waals surface area (Å²) in [5.74, 6) is 1.58. The number of para-hydroxylation sites is 1. The molecule has 1 fully saturated rings. The maximum atomic E-state index is 12.8. The number of likely N-dealkylation sites (tertiary alicyclic amines) is 1. The van der Waals surface area contributed by atoms with E-state index in [9.17, 15) is 4.79 Å². The molecule has 132 valence electrons. The number of carbonyl (C=O) groups excluding carboxylic acids is 1. The van der Waals surface area contributed by atoms with Crippen LogP contribution in [0.2, 0.25) is 0 Å². The summed E-state index contributed by atoms with van der Waals surface area (Å²) < 4.78 is 0. The smallest absolute Gasteiger partial charge is 0.241 e. The van der Waals surface area contributed by atoms with Gasteiger partial charge in [-0.1, -0.05) is 12.1 Å². The van der Waals surface area contributed by atoms with Gasteiger partial charge in [-0.05, 0) is 38.1 Å². The van der Waals surface area contributed by atoms with Crippen LogP contribution in [0.25, 0.3) is 0 Å². The molecule has 0 saturated carbocycles. The van der Waals surface area contributed by atoms with Gasteiger partial charge in [0.25, 0.3) is 0 Å². The molecule has 2 aliphatic rings. The van der Waals surface area contributed by atoms with Crippen LogP contribution < -0.4 is 10.6 Å². The molecule has 0 radical (unpaired) electrons. The number of hydrogen-bond acceptors (Lipinski definition) is 5. The number of fused-ring (bicyclic) bond motifs is 1. The number of rotatable bonds is 3. The number of H-pyrrole nitrogens is 1. The summed E-state index contributed by atoms with van der Waals surface area (Å²) in [6, 6.07) is 8.18. The topological polar surface area (TPSA) is 78.2 Å². The number of nitrogens with two attached hydrogens (primary N) is 1. The lowest BCUT2D eigenvalue weighted by atomic mass is 9.93.